The average molecular weight is 340 g/mol. The van der Waals surface area contributed by atoms with E-state index in [0.717, 1.165) is 16.9 Å². The summed E-state index contributed by atoms with van der Waals surface area (Å²) in [6, 6.07) is 8.02. The lowest BCUT2D eigenvalue weighted by Crippen LogP contribution is -2.43. The highest BCUT2D eigenvalue weighted by atomic mass is 32.2. The van der Waals surface area contributed by atoms with Gasteiger partial charge in [-0.05, 0) is 5.92 Å². The molecule has 1 atom stereocenters. The fourth-order valence-corrected chi connectivity index (χ4v) is 4.28. The Hall–Kier alpha value is -1.77. The van der Waals surface area contributed by atoms with Gasteiger partial charge in [0.2, 0.25) is 0 Å². The Morgan fingerprint density at radius 3 is 2.45 bits per heavy atom. The molecular formula is C14H16N2O4S2. The summed E-state index contributed by atoms with van der Waals surface area (Å²) in [5.41, 5.74) is 0.813. The highest BCUT2D eigenvalue weighted by Gasteiger charge is 2.29. The van der Waals surface area contributed by atoms with Crippen LogP contribution in [-0.4, -0.2) is 30.5 Å². The highest BCUT2D eigenvalue weighted by molar-refractivity contribution is 7.91. The Balaban J connectivity index is 2.28. The van der Waals surface area contributed by atoms with Gasteiger partial charge in [0.05, 0.1) is 6.20 Å². The van der Waals surface area contributed by atoms with Crippen molar-refractivity contribution in [3.63, 3.8) is 0 Å². The second kappa shape index (κ2) is 6.55. The Labute approximate surface area is 132 Å². The summed E-state index contributed by atoms with van der Waals surface area (Å²) in [6.07, 6.45) is 1.24. The van der Waals surface area contributed by atoms with Crippen LogP contribution < -0.4 is 4.72 Å². The third-order valence-electron chi connectivity index (χ3n) is 2.98. The molecular weight excluding hydrogens is 324 g/mol. The van der Waals surface area contributed by atoms with Gasteiger partial charge in [0.15, 0.2) is 4.21 Å². The van der Waals surface area contributed by atoms with E-state index in [0.29, 0.717) is 5.01 Å². The van der Waals surface area contributed by atoms with Crippen molar-refractivity contribution >= 4 is 27.3 Å². The van der Waals surface area contributed by atoms with Gasteiger partial charge < -0.3 is 5.11 Å². The van der Waals surface area contributed by atoms with E-state index in [1.54, 1.807) is 13.8 Å². The summed E-state index contributed by atoms with van der Waals surface area (Å²) < 4.78 is 26.8. The van der Waals surface area contributed by atoms with E-state index in [9.17, 15) is 13.2 Å². The maximum absolute atomic E-state index is 12.3. The van der Waals surface area contributed by atoms with Crippen molar-refractivity contribution in [2.24, 2.45) is 5.92 Å². The molecule has 118 valence electrons. The number of aliphatic carboxylic acids is 1. The highest BCUT2D eigenvalue weighted by Crippen LogP contribution is 2.27. The molecule has 0 spiro atoms. The monoisotopic (exact) mass is 340 g/mol. The van der Waals surface area contributed by atoms with Crippen LogP contribution in [0.25, 0.3) is 10.6 Å². The zero-order valence-electron chi connectivity index (χ0n) is 12.1. The molecule has 1 heterocycles. The first-order chi connectivity index (χ1) is 10.3. The Morgan fingerprint density at radius 2 is 1.91 bits per heavy atom. The molecule has 8 heteroatoms. The van der Waals surface area contributed by atoms with Crippen molar-refractivity contribution in [1.82, 2.24) is 9.71 Å². The van der Waals surface area contributed by atoms with Crippen LogP contribution in [0.5, 0.6) is 0 Å². The molecule has 1 aromatic heterocycles. The number of carboxylic acids is 1. The van der Waals surface area contributed by atoms with E-state index in [2.05, 4.69) is 9.71 Å². The second-order valence-corrected chi connectivity index (χ2v) is 8.00. The van der Waals surface area contributed by atoms with Gasteiger partial charge in [0.25, 0.3) is 10.0 Å². The van der Waals surface area contributed by atoms with Gasteiger partial charge in [-0.2, -0.15) is 4.72 Å². The topological polar surface area (TPSA) is 96.4 Å². The van der Waals surface area contributed by atoms with Crippen LogP contribution in [0.4, 0.5) is 0 Å². The molecule has 0 aliphatic carbocycles. The van der Waals surface area contributed by atoms with Crippen molar-refractivity contribution in [2.75, 3.05) is 0 Å². The molecule has 1 aromatic carbocycles. The van der Waals surface area contributed by atoms with Crippen LogP contribution in [-0.2, 0) is 14.8 Å². The van der Waals surface area contributed by atoms with Gasteiger partial charge in [0, 0.05) is 5.56 Å². The van der Waals surface area contributed by atoms with E-state index in [1.165, 1.54) is 6.20 Å². The minimum Gasteiger partial charge on any atom is -0.480 e. The lowest BCUT2D eigenvalue weighted by Gasteiger charge is -2.16. The van der Waals surface area contributed by atoms with Crippen molar-refractivity contribution in [3.8, 4) is 10.6 Å². The first kappa shape index (κ1) is 16.6. The van der Waals surface area contributed by atoms with E-state index in [4.69, 9.17) is 5.11 Å². The average Bonchev–Trinajstić information content (AvgIpc) is 2.96. The summed E-state index contributed by atoms with van der Waals surface area (Å²) in [4.78, 5) is 15.2. The summed E-state index contributed by atoms with van der Waals surface area (Å²) in [5.74, 6) is -1.57. The number of thiazole rings is 1. The van der Waals surface area contributed by atoms with Crippen molar-refractivity contribution in [2.45, 2.75) is 24.1 Å². The molecule has 0 saturated heterocycles. The number of hydrogen-bond acceptors (Lipinski definition) is 5. The Bertz CT molecular complexity index is 754. The number of sulfonamides is 1. The van der Waals surface area contributed by atoms with E-state index in [1.807, 2.05) is 30.3 Å². The first-order valence-corrected chi connectivity index (χ1v) is 8.87. The maximum atomic E-state index is 12.3. The molecule has 0 unspecified atom stereocenters. The third-order valence-corrected chi connectivity index (χ3v) is 5.93. The van der Waals surface area contributed by atoms with Gasteiger partial charge in [-0.3, -0.25) is 4.79 Å². The number of aromatic nitrogens is 1. The zero-order valence-corrected chi connectivity index (χ0v) is 13.7. The predicted octanol–water partition coefficient (Wildman–Crippen LogP) is 2.20. The maximum Gasteiger partial charge on any atom is 0.322 e. The van der Waals surface area contributed by atoms with Crippen LogP contribution >= 0.6 is 11.3 Å². The minimum absolute atomic E-state index is 0.00162. The molecule has 0 fully saturated rings. The van der Waals surface area contributed by atoms with Gasteiger partial charge >= 0.3 is 5.97 Å². The SMILES string of the molecule is CC(C)[C@H](NS(=O)(=O)c1cnc(-c2ccccc2)s1)C(=O)O. The van der Waals surface area contributed by atoms with Crippen LogP contribution in [0.1, 0.15) is 13.8 Å². The summed E-state index contributed by atoms with van der Waals surface area (Å²) in [6.45, 7) is 3.28. The summed E-state index contributed by atoms with van der Waals surface area (Å²) in [7, 11) is -3.91. The van der Waals surface area contributed by atoms with E-state index in [-0.39, 0.29) is 10.1 Å². The smallest absolute Gasteiger partial charge is 0.322 e. The lowest BCUT2D eigenvalue weighted by atomic mass is 10.1. The predicted molar refractivity (Wildman–Crippen MR) is 84.1 cm³/mol. The first-order valence-electron chi connectivity index (χ1n) is 6.57. The van der Waals surface area contributed by atoms with Gasteiger partial charge in [-0.15, -0.1) is 11.3 Å². The Kier molecular flexibility index (Phi) is 4.94. The standard InChI is InChI=1S/C14H16N2O4S2/c1-9(2)12(14(17)18)16-22(19,20)11-8-15-13(21-11)10-6-4-3-5-7-10/h3-9,12,16H,1-2H3,(H,17,18)/t12-/m0/s1. The largest absolute Gasteiger partial charge is 0.480 e. The summed E-state index contributed by atoms with van der Waals surface area (Å²) >= 11 is 1.00. The third kappa shape index (κ3) is 3.70. The fourth-order valence-electron chi connectivity index (χ4n) is 1.79. The number of nitrogens with one attached hydrogen (secondary N) is 1. The molecule has 0 aliphatic rings. The molecule has 22 heavy (non-hydrogen) atoms. The molecule has 0 radical (unpaired) electrons. The number of benzene rings is 1. The number of carbonyl (C=O) groups is 1. The van der Waals surface area contributed by atoms with Crippen molar-refractivity contribution in [1.29, 1.82) is 0 Å². The van der Waals surface area contributed by atoms with Gasteiger partial charge in [0.1, 0.15) is 11.0 Å². The van der Waals surface area contributed by atoms with Crippen molar-refractivity contribution < 1.29 is 18.3 Å². The van der Waals surface area contributed by atoms with Gasteiger partial charge in [-0.25, -0.2) is 13.4 Å². The molecule has 2 rings (SSSR count). The van der Waals surface area contributed by atoms with Crippen LogP contribution in [0.3, 0.4) is 0 Å². The number of nitrogens with zero attached hydrogens (tertiary/aromatic N) is 1. The molecule has 0 amide bonds. The molecule has 0 saturated carbocycles. The quantitative estimate of drug-likeness (QED) is 0.840. The molecule has 2 aromatic rings. The number of rotatable bonds is 6. The van der Waals surface area contributed by atoms with E-state index >= 15 is 0 Å². The Morgan fingerprint density at radius 1 is 1.27 bits per heavy atom. The van der Waals surface area contributed by atoms with Crippen LogP contribution in [0.15, 0.2) is 40.7 Å². The normalized spacial score (nSPS) is 13.2. The summed E-state index contributed by atoms with van der Waals surface area (Å²) in [5, 5.41) is 9.66. The number of hydrogen-bond donors (Lipinski definition) is 2. The second-order valence-electron chi connectivity index (χ2n) is 5.03. The zero-order chi connectivity index (χ0) is 16.3. The minimum atomic E-state index is -3.91. The van der Waals surface area contributed by atoms with Gasteiger partial charge in [-0.1, -0.05) is 44.2 Å². The van der Waals surface area contributed by atoms with Crippen LogP contribution in [0, 0.1) is 5.92 Å². The molecule has 0 aliphatic heterocycles. The van der Waals surface area contributed by atoms with E-state index < -0.39 is 22.0 Å². The molecule has 2 N–H and O–H groups in total. The molecule has 0 bridgehead atoms. The van der Waals surface area contributed by atoms with Crippen molar-refractivity contribution in [3.05, 3.63) is 36.5 Å². The molecule has 6 nitrogen and oxygen atoms in total. The van der Waals surface area contributed by atoms with Crippen LogP contribution in [0.2, 0.25) is 0 Å². The fraction of sp³-hybridized carbons (Fsp3) is 0.286. The number of carboxylic acid groups (broad SMARTS) is 1. The lowest BCUT2D eigenvalue weighted by molar-refractivity contribution is -0.140.